The Balaban J connectivity index is 1.70. The van der Waals surface area contributed by atoms with Crippen LogP contribution in [0.1, 0.15) is 62.8 Å². The van der Waals surface area contributed by atoms with Gasteiger partial charge in [0.25, 0.3) is 0 Å². The second kappa shape index (κ2) is 7.75. The number of hydrogen-bond donors (Lipinski definition) is 0. The zero-order valence-electron chi connectivity index (χ0n) is 19.8. The molecule has 1 aliphatic carbocycles. The van der Waals surface area contributed by atoms with E-state index in [1.54, 1.807) is 17.1 Å². The first-order chi connectivity index (χ1) is 16.2. The number of pyridine rings is 1. The molecule has 0 saturated heterocycles. The minimum atomic E-state index is -0.653. The maximum absolute atomic E-state index is 14.5. The van der Waals surface area contributed by atoms with Gasteiger partial charge in [-0.3, -0.25) is 0 Å². The number of fused-ring (bicyclic) bond motifs is 1. The van der Waals surface area contributed by atoms with Crippen molar-refractivity contribution in [2.75, 3.05) is 0 Å². The standard InChI is InChI=1S/C26H26F2N6/c1-6-17-16-13-20(23-18(27)9-7-10-19(23)28)31-32-24(16)26(5,25(17,3)4)21-11-8-12-22(30-21)34-14-29-15(2)33-34/h7-14,17H,6H2,1-5H3. The summed E-state index contributed by atoms with van der Waals surface area (Å²) in [5, 5.41) is 13.3. The molecule has 3 aromatic heterocycles. The van der Waals surface area contributed by atoms with Crippen LogP contribution in [0.4, 0.5) is 8.78 Å². The molecule has 0 saturated carbocycles. The monoisotopic (exact) mass is 460 g/mol. The van der Waals surface area contributed by atoms with E-state index in [0.29, 0.717) is 11.6 Å². The Morgan fingerprint density at radius 3 is 2.35 bits per heavy atom. The van der Waals surface area contributed by atoms with E-state index in [2.05, 4.69) is 48.0 Å². The Kier molecular flexibility index (Phi) is 5.07. The molecule has 34 heavy (non-hydrogen) atoms. The predicted molar refractivity (Wildman–Crippen MR) is 125 cm³/mol. The first-order valence-corrected chi connectivity index (χ1v) is 11.4. The lowest BCUT2D eigenvalue weighted by Gasteiger charge is -2.41. The van der Waals surface area contributed by atoms with Crippen LogP contribution < -0.4 is 0 Å². The lowest BCUT2D eigenvalue weighted by atomic mass is 9.62. The van der Waals surface area contributed by atoms with Crippen LogP contribution in [0.15, 0.2) is 48.8 Å². The highest BCUT2D eigenvalue weighted by molar-refractivity contribution is 5.63. The van der Waals surface area contributed by atoms with Crippen LogP contribution >= 0.6 is 0 Å². The number of nitrogens with zero attached hydrogens (tertiary/aromatic N) is 6. The Morgan fingerprint density at radius 1 is 1.00 bits per heavy atom. The van der Waals surface area contributed by atoms with E-state index in [-0.39, 0.29) is 22.6 Å². The van der Waals surface area contributed by atoms with Gasteiger partial charge in [-0.1, -0.05) is 32.9 Å². The van der Waals surface area contributed by atoms with Gasteiger partial charge in [0.2, 0.25) is 0 Å². The summed E-state index contributed by atoms with van der Waals surface area (Å²) in [6, 6.07) is 11.4. The van der Waals surface area contributed by atoms with Crippen LogP contribution in [0.25, 0.3) is 17.1 Å². The molecular formula is C26H26F2N6. The highest BCUT2D eigenvalue weighted by Crippen LogP contribution is 2.61. The van der Waals surface area contributed by atoms with Crippen molar-refractivity contribution in [3.63, 3.8) is 0 Å². The Morgan fingerprint density at radius 2 is 1.71 bits per heavy atom. The zero-order chi connectivity index (χ0) is 24.3. The van der Waals surface area contributed by atoms with E-state index < -0.39 is 17.0 Å². The van der Waals surface area contributed by atoms with E-state index in [1.807, 2.05) is 25.1 Å². The smallest absolute Gasteiger partial charge is 0.155 e. The van der Waals surface area contributed by atoms with Gasteiger partial charge in [0.15, 0.2) is 5.82 Å². The van der Waals surface area contributed by atoms with Gasteiger partial charge < -0.3 is 0 Å². The summed E-state index contributed by atoms with van der Waals surface area (Å²) in [5.41, 5.74) is 1.73. The van der Waals surface area contributed by atoms with Crippen molar-refractivity contribution in [3.8, 4) is 17.1 Å². The van der Waals surface area contributed by atoms with Crippen molar-refractivity contribution in [2.24, 2.45) is 5.41 Å². The molecule has 5 rings (SSSR count). The molecule has 2 atom stereocenters. The summed E-state index contributed by atoms with van der Waals surface area (Å²) >= 11 is 0. The van der Waals surface area contributed by atoms with E-state index >= 15 is 0 Å². The summed E-state index contributed by atoms with van der Waals surface area (Å²) in [5.74, 6) is 0.111. The van der Waals surface area contributed by atoms with Crippen LogP contribution in [0.3, 0.4) is 0 Å². The average molecular weight is 461 g/mol. The third kappa shape index (κ3) is 3.08. The molecular weight excluding hydrogens is 434 g/mol. The first kappa shape index (κ1) is 22.3. The van der Waals surface area contributed by atoms with E-state index in [1.165, 1.54) is 18.2 Å². The fourth-order valence-electron chi connectivity index (χ4n) is 5.43. The normalized spacial score (nSPS) is 21.0. The summed E-state index contributed by atoms with van der Waals surface area (Å²) in [6.07, 6.45) is 2.48. The quantitative estimate of drug-likeness (QED) is 0.400. The molecule has 1 aromatic carbocycles. The van der Waals surface area contributed by atoms with Crippen LogP contribution in [-0.2, 0) is 5.41 Å². The molecule has 8 heteroatoms. The van der Waals surface area contributed by atoms with Crippen molar-refractivity contribution in [3.05, 3.63) is 83.2 Å². The van der Waals surface area contributed by atoms with Crippen molar-refractivity contribution in [1.82, 2.24) is 29.9 Å². The Bertz CT molecular complexity index is 1380. The van der Waals surface area contributed by atoms with Gasteiger partial charge in [0.05, 0.1) is 28.1 Å². The van der Waals surface area contributed by atoms with Gasteiger partial charge >= 0.3 is 0 Å². The molecule has 0 fully saturated rings. The van der Waals surface area contributed by atoms with Gasteiger partial charge in [-0.25, -0.2) is 23.4 Å². The minimum absolute atomic E-state index is 0.0932. The van der Waals surface area contributed by atoms with Crippen LogP contribution in [0, 0.1) is 24.0 Å². The van der Waals surface area contributed by atoms with Gasteiger partial charge in [-0.05, 0) is 67.5 Å². The molecule has 3 heterocycles. The van der Waals surface area contributed by atoms with Gasteiger partial charge in [0, 0.05) is 0 Å². The molecule has 2 unspecified atom stereocenters. The van der Waals surface area contributed by atoms with Gasteiger partial charge in [-0.15, -0.1) is 5.10 Å². The number of benzene rings is 1. The molecule has 0 aliphatic heterocycles. The summed E-state index contributed by atoms with van der Waals surface area (Å²) in [4.78, 5) is 9.16. The summed E-state index contributed by atoms with van der Waals surface area (Å²) in [6.45, 7) is 10.5. The highest BCUT2D eigenvalue weighted by Gasteiger charge is 2.57. The van der Waals surface area contributed by atoms with Gasteiger partial charge in [-0.2, -0.15) is 10.2 Å². The molecule has 0 amide bonds. The highest BCUT2D eigenvalue weighted by atomic mass is 19.1. The average Bonchev–Trinajstić information content (AvgIpc) is 3.31. The summed E-state index contributed by atoms with van der Waals surface area (Å²) < 4.78 is 30.7. The molecule has 0 bridgehead atoms. The molecule has 0 spiro atoms. The molecule has 0 N–H and O–H groups in total. The number of aromatic nitrogens is 6. The van der Waals surface area contributed by atoms with E-state index in [4.69, 9.17) is 4.98 Å². The number of aryl methyl sites for hydroxylation is 1. The topological polar surface area (TPSA) is 69.4 Å². The summed E-state index contributed by atoms with van der Waals surface area (Å²) in [7, 11) is 0. The first-order valence-electron chi connectivity index (χ1n) is 11.4. The molecule has 1 aliphatic rings. The number of hydrogen-bond acceptors (Lipinski definition) is 5. The second-order valence-electron chi connectivity index (χ2n) is 9.56. The predicted octanol–water partition coefficient (Wildman–Crippen LogP) is 5.55. The maximum Gasteiger partial charge on any atom is 0.155 e. The number of rotatable bonds is 4. The Labute approximate surface area is 197 Å². The molecule has 0 radical (unpaired) electrons. The van der Waals surface area contributed by atoms with E-state index in [0.717, 1.165) is 23.4 Å². The third-order valence-corrected chi connectivity index (χ3v) is 7.55. The van der Waals surface area contributed by atoms with Crippen molar-refractivity contribution >= 4 is 0 Å². The Hall–Kier alpha value is -3.55. The van der Waals surface area contributed by atoms with Crippen molar-refractivity contribution in [1.29, 1.82) is 0 Å². The third-order valence-electron chi connectivity index (χ3n) is 7.55. The van der Waals surface area contributed by atoms with Crippen LogP contribution in [0.2, 0.25) is 0 Å². The molecule has 4 aromatic rings. The lowest BCUT2D eigenvalue weighted by Crippen LogP contribution is -2.40. The molecule has 6 nitrogen and oxygen atoms in total. The van der Waals surface area contributed by atoms with E-state index in [9.17, 15) is 8.78 Å². The number of halogens is 2. The van der Waals surface area contributed by atoms with Gasteiger partial charge in [0.1, 0.15) is 23.8 Å². The largest absolute Gasteiger partial charge is 0.233 e. The molecule has 174 valence electrons. The zero-order valence-corrected chi connectivity index (χ0v) is 19.8. The van der Waals surface area contributed by atoms with Crippen molar-refractivity contribution < 1.29 is 8.78 Å². The van der Waals surface area contributed by atoms with Crippen molar-refractivity contribution in [2.45, 2.75) is 52.4 Å². The fourth-order valence-corrected chi connectivity index (χ4v) is 5.43. The minimum Gasteiger partial charge on any atom is -0.233 e. The second-order valence-corrected chi connectivity index (χ2v) is 9.56. The fraction of sp³-hybridized carbons (Fsp3) is 0.346. The SMILES string of the molecule is CCC1c2cc(-c3c(F)cccc3F)nnc2C(C)(c2cccc(-n3cnc(C)n3)n2)C1(C)C. The lowest BCUT2D eigenvalue weighted by molar-refractivity contribution is 0.189. The van der Waals surface area contributed by atoms with Crippen LogP contribution in [-0.4, -0.2) is 29.9 Å². The maximum atomic E-state index is 14.5. The van der Waals surface area contributed by atoms with Crippen LogP contribution in [0.5, 0.6) is 0 Å².